The van der Waals surface area contributed by atoms with Gasteiger partial charge >= 0.3 is 0 Å². The van der Waals surface area contributed by atoms with Gasteiger partial charge in [0.15, 0.2) is 5.15 Å². The molecule has 0 fully saturated rings. The minimum Gasteiger partial charge on any atom is -0.507 e. The van der Waals surface area contributed by atoms with Crippen LogP contribution in [0.25, 0.3) is 21.3 Å². The van der Waals surface area contributed by atoms with E-state index in [0.717, 1.165) is 10.1 Å². The van der Waals surface area contributed by atoms with Crippen molar-refractivity contribution in [2.24, 2.45) is 0 Å². The summed E-state index contributed by atoms with van der Waals surface area (Å²) in [6, 6.07) is 8.97. The molecule has 0 atom stereocenters. The Morgan fingerprint density at radius 1 is 1.12 bits per heavy atom. The Kier molecular flexibility index (Phi) is 2.46. The first-order valence-corrected chi connectivity index (χ1v) is 6.21. The van der Waals surface area contributed by atoms with Crippen LogP contribution >= 0.6 is 22.9 Å². The fourth-order valence-corrected chi connectivity index (χ4v) is 2.84. The van der Waals surface area contributed by atoms with E-state index in [9.17, 15) is 5.11 Å². The van der Waals surface area contributed by atoms with E-state index in [-0.39, 0.29) is 5.75 Å². The van der Waals surface area contributed by atoms with Crippen molar-refractivity contribution in [3.8, 4) is 17.0 Å². The summed E-state index contributed by atoms with van der Waals surface area (Å²) in [6.07, 6.45) is 0. The number of nitrogens with zero attached hydrogens (tertiary/aromatic N) is 2. The fourth-order valence-electron chi connectivity index (χ4n) is 1.70. The number of hydrogen-bond donors (Lipinski definition) is 1. The van der Waals surface area contributed by atoms with Gasteiger partial charge in [-0.05, 0) is 23.6 Å². The number of halogens is 1. The highest BCUT2D eigenvalue weighted by molar-refractivity contribution is 7.17. The van der Waals surface area contributed by atoms with E-state index in [1.165, 1.54) is 11.3 Å². The molecule has 0 bridgehead atoms. The Labute approximate surface area is 106 Å². The van der Waals surface area contributed by atoms with Gasteiger partial charge in [0, 0.05) is 10.9 Å². The Hall–Kier alpha value is -1.65. The number of hydrogen-bond acceptors (Lipinski definition) is 4. The molecule has 3 nitrogen and oxygen atoms in total. The van der Waals surface area contributed by atoms with E-state index in [1.54, 1.807) is 12.1 Å². The summed E-state index contributed by atoms with van der Waals surface area (Å²) in [5, 5.41) is 21.0. The van der Waals surface area contributed by atoms with Gasteiger partial charge in [0.2, 0.25) is 0 Å². The number of phenols is 1. The van der Waals surface area contributed by atoms with E-state index in [4.69, 9.17) is 11.6 Å². The predicted octanol–water partition coefficient (Wildman–Crippen LogP) is 3.72. The van der Waals surface area contributed by atoms with Crippen molar-refractivity contribution in [2.45, 2.75) is 0 Å². The molecule has 1 N–H and O–H groups in total. The van der Waals surface area contributed by atoms with Gasteiger partial charge in [0.25, 0.3) is 0 Å². The first kappa shape index (κ1) is 10.5. The molecule has 84 valence electrons. The van der Waals surface area contributed by atoms with Gasteiger partial charge in [-0.2, -0.15) is 0 Å². The third-order valence-corrected chi connectivity index (χ3v) is 3.70. The van der Waals surface area contributed by atoms with Crippen LogP contribution in [0, 0.1) is 0 Å². The van der Waals surface area contributed by atoms with Crippen LogP contribution in [-0.4, -0.2) is 15.3 Å². The normalized spacial score (nSPS) is 10.9. The second kappa shape index (κ2) is 3.98. The smallest absolute Gasteiger partial charge is 0.160 e. The molecule has 0 spiro atoms. The lowest BCUT2D eigenvalue weighted by atomic mass is 10.1. The molecule has 1 aromatic carbocycles. The van der Waals surface area contributed by atoms with Crippen LogP contribution in [0.3, 0.4) is 0 Å². The summed E-state index contributed by atoms with van der Waals surface area (Å²) in [7, 11) is 0. The highest BCUT2D eigenvalue weighted by atomic mass is 35.5. The van der Waals surface area contributed by atoms with Crippen molar-refractivity contribution in [2.75, 3.05) is 0 Å². The van der Waals surface area contributed by atoms with Gasteiger partial charge in [-0.1, -0.05) is 23.7 Å². The standard InChI is InChI=1S/C12H7ClN2OS/c13-12-8-5-6-17-11(8)10(14-15-12)7-3-1-2-4-9(7)16/h1-6,16H. The Balaban J connectivity index is 2.35. The summed E-state index contributed by atoms with van der Waals surface area (Å²) in [6.45, 7) is 0. The quantitative estimate of drug-likeness (QED) is 0.727. The number of rotatable bonds is 1. The lowest BCUT2D eigenvalue weighted by molar-refractivity contribution is 0.477. The Morgan fingerprint density at radius 2 is 1.94 bits per heavy atom. The van der Waals surface area contributed by atoms with Crippen molar-refractivity contribution in [3.63, 3.8) is 0 Å². The molecule has 0 unspecified atom stereocenters. The number of benzene rings is 1. The fraction of sp³-hybridized carbons (Fsp3) is 0. The van der Waals surface area contributed by atoms with Gasteiger partial charge in [-0.25, -0.2) is 0 Å². The van der Waals surface area contributed by atoms with Gasteiger partial charge in [0.05, 0.1) is 4.70 Å². The van der Waals surface area contributed by atoms with Crippen molar-refractivity contribution in [1.29, 1.82) is 0 Å². The molecule has 0 saturated heterocycles. The minimum absolute atomic E-state index is 0.193. The first-order chi connectivity index (χ1) is 8.27. The van der Waals surface area contributed by atoms with Crippen molar-refractivity contribution in [1.82, 2.24) is 10.2 Å². The third-order valence-electron chi connectivity index (χ3n) is 2.50. The zero-order valence-corrected chi connectivity index (χ0v) is 10.2. The van der Waals surface area contributed by atoms with Gasteiger partial charge in [-0.3, -0.25) is 0 Å². The molecule has 3 aromatic rings. The molecule has 0 saturated carbocycles. The monoisotopic (exact) mass is 262 g/mol. The number of fused-ring (bicyclic) bond motifs is 1. The number of para-hydroxylation sites is 1. The van der Waals surface area contributed by atoms with Crippen LogP contribution in [0.4, 0.5) is 0 Å². The van der Waals surface area contributed by atoms with Crippen LogP contribution in [0.15, 0.2) is 35.7 Å². The van der Waals surface area contributed by atoms with E-state index in [0.29, 0.717) is 16.4 Å². The van der Waals surface area contributed by atoms with E-state index >= 15 is 0 Å². The van der Waals surface area contributed by atoms with Gasteiger partial charge < -0.3 is 5.11 Å². The van der Waals surface area contributed by atoms with Crippen LogP contribution in [0.5, 0.6) is 5.75 Å². The second-order valence-corrected chi connectivity index (χ2v) is 4.79. The average Bonchev–Trinajstić information content (AvgIpc) is 2.81. The van der Waals surface area contributed by atoms with E-state index in [2.05, 4.69) is 10.2 Å². The zero-order valence-electron chi connectivity index (χ0n) is 8.59. The highest BCUT2D eigenvalue weighted by Gasteiger charge is 2.13. The molecule has 0 radical (unpaired) electrons. The van der Waals surface area contributed by atoms with Gasteiger partial charge in [-0.15, -0.1) is 21.5 Å². The zero-order chi connectivity index (χ0) is 11.8. The molecule has 2 aromatic heterocycles. The molecule has 2 heterocycles. The molecule has 0 aliphatic rings. The molecular weight excluding hydrogens is 256 g/mol. The molecule has 5 heteroatoms. The topological polar surface area (TPSA) is 46.0 Å². The average molecular weight is 263 g/mol. The molecular formula is C12H7ClN2OS. The van der Waals surface area contributed by atoms with Crippen LogP contribution in [-0.2, 0) is 0 Å². The molecule has 0 aliphatic carbocycles. The SMILES string of the molecule is Oc1ccccc1-c1nnc(Cl)c2ccsc12. The number of aromatic nitrogens is 2. The van der Waals surface area contributed by atoms with Crippen molar-refractivity contribution in [3.05, 3.63) is 40.9 Å². The summed E-state index contributed by atoms with van der Waals surface area (Å²) < 4.78 is 0.937. The summed E-state index contributed by atoms with van der Waals surface area (Å²) in [5.41, 5.74) is 1.33. The molecule has 0 aliphatic heterocycles. The lowest BCUT2D eigenvalue weighted by Crippen LogP contribution is -1.89. The van der Waals surface area contributed by atoms with Crippen LogP contribution < -0.4 is 0 Å². The maximum atomic E-state index is 9.83. The van der Waals surface area contributed by atoms with Crippen molar-refractivity contribution >= 4 is 33.0 Å². The molecule has 17 heavy (non-hydrogen) atoms. The Morgan fingerprint density at radius 3 is 2.76 bits per heavy atom. The van der Waals surface area contributed by atoms with Crippen LogP contribution in [0.2, 0.25) is 5.15 Å². The maximum Gasteiger partial charge on any atom is 0.160 e. The minimum atomic E-state index is 0.193. The number of aromatic hydroxyl groups is 1. The Bertz CT molecular complexity index is 696. The van der Waals surface area contributed by atoms with E-state index < -0.39 is 0 Å². The largest absolute Gasteiger partial charge is 0.507 e. The van der Waals surface area contributed by atoms with Gasteiger partial charge in [0.1, 0.15) is 11.4 Å². The number of phenolic OH excluding ortho intramolecular Hbond substituents is 1. The summed E-state index contributed by atoms with van der Waals surface area (Å²) >= 11 is 7.50. The second-order valence-electron chi connectivity index (χ2n) is 3.52. The highest BCUT2D eigenvalue weighted by Crippen LogP contribution is 2.36. The lowest BCUT2D eigenvalue weighted by Gasteiger charge is -2.04. The first-order valence-electron chi connectivity index (χ1n) is 4.95. The van der Waals surface area contributed by atoms with E-state index in [1.807, 2.05) is 23.6 Å². The van der Waals surface area contributed by atoms with Crippen LogP contribution in [0.1, 0.15) is 0 Å². The van der Waals surface area contributed by atoms with Crippen molar-refractivity contribution < 1.29 is 5.11 Å². The predicted molar refractivity (Wildman–Crippen MR) is 69.5 cm³/mol. The third kappa shape index (κ3) is 1.66. The molecule has 0 amide bonds. The summed E-state index contributed by atoms with van der Waals surface area (Å²) in [4.78, 5) is 0. The summed E-state index contributed by atoms with van der Waals surface area (Å²) in [5.74, 6) is 0.193. The maximum absolute atomic E-state index is 9.83. The molecule has 3 rings (SSSR count). The number of thiophene rings is 1.